The third-order valence-corrected chi connectivity index (χ3v) is 3.91. The van der Waals surface area contributed by atoms with Crippen molar-refractivity contribution >= 4 is 5.69 Å². The minimum Gasteiger partial charge on any atom is -0.392 e. The lowest BCUT2D eigenvalue weighted by Crippen LogP contribution is -2.34. The third kappa shape index (κ3) is 2.82. The smallest absolute Gasteiger partial charge is 0.151 e. The van der Waals surface area contributed by atoms with Crippen molar-refractivity contribution in [3.05, 3.63) is 29.6 Å². The van der Waals surface area contributed by atoms with Crippen LogP contribution in [0, 0.1) is 5.82 Å². The highest BCUT2D eigenvalue weighted by Crippen LogP contribution is 2.39. The number of hydrogen-bond donors (Lipinski definition) is 2. The van der Waals surface area contributed by atoms with Gasteiger partial charge in [0.25, 0.3) is 0 Å². The summed E-state index contributed by atoms with van der Waals surface area (Å²) >= 11 is 0. The molecule has 1 aliphatic carbocycles. The van der Waals surface area contributed by atoms with Gasteiger partial charge in [-0.05, 0) is 32.9 Å². The van der Waals surface area contributed by atoms with Crippen molar-refractivity contribution in [3.63, 3.8) is 0 Å². The predicted octanol–water partition coefficient (Wildman–Crippen LogP) is 2.21. The van der Waals surface area contributed by atoms with E-state index >= 15 is 0 Å². The number of halogens is 1. The standard InChI is InChI=1S/C14H21FN2O/c1-14(6-7-14)17(2)9-8-16-12-5-3-4-11(10-18)13(12)15/h3-5,16,18H,6-10H2,1-2H3. The fourth-order valence-electron chi connectivity index (χ4n) is 2.03. The van der Waals surface area contributed by atoms with Crippen molar-refractivity contribution in [2.45, 2.75) is 31.9 Å². The number of aliphatic hydroxyl groups is 1. The van der Waals surface area contributed by atoms with E-state index < -0.39 is 0 Å². The minimum absolute atomic E-state index is 0.265. The van der Waals surface area contributed by atoms with E-state index in [0.717, 1.165) is 6.54 Å². The molecule has 0 aromatic heterocycles. The quantitative estimate of drug-likeness (QED) is 0.815. The van der Waals surface area contributed by atoms with E-state index in [4.69, 9.17) is 5.11 Å². The van der Waals surface area contributed by atoms with Gasteiger partial charge < -0.3 is 10.4 Å². The number of benzene rings is 1. The molecule has 1 saturated carbocycles. The number of nitrogens with one attached hydrogen (secondary N) is 1. The highest BCUT2D eigenvalue weighted by molar-refractivity contribution is 5.47. The van der Waals surface area contributed by atoms with Gasteiger partial charge in [0.05, 0.1) is 12.3 Å². The molecule has 1 fully saturated rings. The Morgan fingerprint density at radius 3 is 2.78 bits per heavy atom. The molecule has 100 valence electrons. The number of likely N-dealkylation sites (N-methyl/N-ethyl adjacent to an activating group) is 1. The number of rotatable bonds is 6. The molecule has 1 aromatic rings. The van der Waals surface area contributed by atoms with Crippen molar-refractivity contribution in [2.24, 2.45) is 0 Å². The molecule has 0 aliphatic heterocycles. The van der Waals surface area contributed by atoms with Gasteiger partial charge in [-0.25, -0.2) is 4.39 Å². The molecule has 0 saturated heterocycles. The summed E-state index contributed by atoms with van der Waals surface area (Å²) in [6.45, 7) is 3.58. The number of nitrogens with zero attached hydrogens (tertiary/aromatic N) is 1. The van der Waals surface area contributed by atoms with E-state index in [1.54, 1.807) is 18.2 Å². The first-order valence-electron chi connectivity index (χ1n) is 6.40. The van der Waals surface area contributed by atoms with Gasteiger partial charge in [-0.2, -0.15) is 0 Å². The first-order chi connectivity index (χ1) is 8.57. The van der Waals surface area contributed by atoms with Crippen molar-refractivity contribution in [2.75, 3.05) is 25.5 Å². The third-order valence-electron chi connectivity index (χ3n) is 3.91. The van der Waals surface area contributed by atoms with Gasteiger partial charge in [-0.3, -0.25) is 4.90 Å². The van der Waals surface area contributed by atoms with Crippen LogP contribution in [0.4, 0.5) is 10.1 Å². The van der Waals surface area contributed by atoms with Gasteiger partial charge in [0.2, 0.25) is 0 Å². The zero-order chi connectivity index (χ0) is 13.2. The Kier molecular flexibility index (Phi) is 3.88. The molecule has 4 heteroatoms. The molecule has 0 bridgehead atoms. The summed E-state index contributed by atoms with van der Waals surface area (Å²) < 4.78 is 13.8. The average molecular weight is 252 g/mol. The molecule has 2 N–H and O–H groups in total. The van der Waals surface area contributed by atoms with Gasteiger partial charge in [-0.15, -0.1) is 0 Å². The minimum atomic E-state index is -0.347. The molecule has 3 nitrogen and oxygen atoms in total. The monoisotopic (exact) mass is 252 g/mol. The van der Waals surface area contributed by atoms with Gasteiger partial charge in [0.1, 0.15) is 0 Å². The zero-order valence-electron chi connectivity index (χ0n) is 11.0. The zero-order valence-corrected chi connectivity index (χ0v) is 11.0. The Bertz CT molecular complexity index is 418. The molecule has 0 heterocycles. The topological polar surface area (TPSA) is 35.5 Å². The summed E-state index contributed by atoms with van der Waals surface area (Å²) in [4.78, 5) is 2.31. The van der Waals surface area contributed by atoms with E-state index in [9.17, 15) is 4.39 Å². The Morgan fingerprint density at radius 2 is 2.17 bits per heavy atom. The van der Waals surface area contributed by atoms with E-state index in [0.29, 0.717) is 23.3 Å². The van der Waals surface area contributed by atoms with Crippen LogP contribution in [0.25, 0.3) is 0 Å². The first kappa shape index (κ1) is 13.3. The molecular weight excluding hydrogens is 231 g/mol. The predicted molar refractivity (Wildman–Crippen MR) is 71.1 cm³/mol. The molecule has 18 heavy (non-hydrogen) atoms. The first-order valence-corrected chi connectivity index (χ1v) is 6.40. The van der Waals surface area contributed by atoms with Crippen molar-refractivity contribution < 1.29 is 9.50 Å². The van der Waals surface area contributed by atoms with E-state index in [-0.39, 0.29) is 12.4 Å². The highest BCUT2D eigenvalue weighted by atomic mass is 19.1. The van der Waals surface area contributed by atoms with Crippen LogP contribution in [0.1, 0.15) is 25.3 Å². The molecule has 1 aliphatic rings. The van der Waals surface area contributed by atoms with Crippen LogP contribution in [0.15, 0.2) is 18.2 Å². The van der Waals surface area contributed by atoms with Gasteiger partial charge >= 0.3 is 0 Å². The second-order valence-corrected chi connectivity index (χ2v) is 5.28. The van der Waals surface area contributed by atoms with Crippen molar-refractivity contribution in [1.29, 1.82) is 0 Å². The molecule has 0 spiro atoms. The second-order valence-electron chi connectivity index (χ2n) is 5.28. The molecule has 0 radical (unpaired) electrons. The number of anilines is 1. The summed E-state index contributed by atoms with van der Waals surface area (Å²) in [7, 11) is 2.11. The summed E-state index contributed by atoms with van der Waals surface area (Å²) in [5, 5.41) is 12.1. The Hall–Kier alpha value is -1.13. The maximum atomic E-state index is 13.8. The Labute approximate surface area is 108 Å². The largest absolute Gasteiger partial charge is 0.392 e. The van der Waals surface area contributed by atoms with Crippen LogP contribution in [0.3, 0.4) is 0 Å². The van der Waals surface area contributed by atoms with Gasteiger partial charge in [0.15, 0.2) is 5.82 Å². The molecule has 0 unspecified atom stereocenters. The van der Waals surface area contributed by atoms with Gasteiger partial charge in [-0.1, -0.05) is 12.1 Å². The van der Waals surface area contributed by atoms with Crippen molar-refractivity contribution in [3.8, 4) is 0 Å². The lowest BCUT2D eigenvalue weighted by atomic mass is 10.2. The lowest BCUT2D eigenvalue weighted by Gasteiger charge is -2.24. The van der Waals surface area contributed by atoms with E-state index in [2.05, 4.69) is 24.2 Å². The summed E-state index contributed by atoms with van der Waals surface area (Å²) in [6, 6.07) is 5.05. The van der Waals surface area contributed by atoms with Crippen LogP contribution in [-0.2, 0) is 6.61 Å². The van der Waals surface area contributed by atoms with Crippen LogP contribution in [0.5, 0.6) is 0 Å². The van der Waals surface area contributed by atoms with Crippen LogP contribution in [0.2, 0.25) is 0 Å². The van der Waals surface area contributed by atoms with E-state index in [1.165, 1.54) is 12.8 Å². The highest BCUT2D eigenvalue weighted by Gasteiger charge is 2.40. The Balaban J connectivity index is 1.86. The molecular formula is C14H21FN2O. The summed E-state index contributed by atoms with van der Waals surface area (Å²) in [6.07, 6.45) is 2.50. The van der Waals surface area contributed by atoms with E-state index in [1.807, 2.05) is 0 Å². The van der Waals surface area contributed by atoms with Gasteiger partial charge in [0, 0.05) is 24.2 Å². The number of aliphatic hydroxyl groups excluding tert-OH is 1. The summed E-state index contributed by atoms with van der Waals surface area (Å²) in [5.74, 6) is -0.347. The number of hydrogen-bond acceptors (Lipinski definition) is 3. The fourth-order valence-corrected chi connectivity index (χ4v) is 2.03. The fraction of sp³-hybridized carbons (Fsp3) is 0.571. The lowest BCUT2D eigenvalue weighted by molar-refractivity contribution is 0.248. The maximum Gasteiger partial charge on any atom is 0.151 e. The second kappa shape index (κ2) is 5.24. The normalized spacial score (nSPS) is 16.9. The molecule has 0 amide bonds. The van der Waals surface area contributed by atoms with Crippen molar-refractivity contribution in [1.82, 2.24) is 4.90 Å². The SMILES string of the molecule is CN(CCNc1cccc(CO)c1F)C1(C)CC1. The van der Waals surface area contributed by atoms with Crippen LogP contribution >= 0.6 is 0 Å². The summed E-state index contributed by atoms with van der Waals surface area (Å²) in [5.41, 5.74) is 1.16. The molecule has 2 rings (SSSR count). The van der Waals surface area contributed by atoms with Crippen LogP contribution < -0.4 is 5.32 Å². The molecule has 1 aromatic carbocycles. The maximum absolute atomic E-state index is 13.8. The Morgan fingerprint density at radius 1 is 1.44 bits per heavy atom. The average Bonchev–Trinajstić information content (AvgIpc) is 3.11. The van der Waals surface area contributed by atoms with Crippen LogP contribution in [-0.4, -0.2) is 35.7 Å². The molecule has 0 atom stereocenters.